The van der Waals surface area contributed by atoms with E-state index in [0.29, 0.717) is 17.1 Å². The van der Waals surface area contributed by atoms with Gasteiger partial charge in [0.25, 0.3) is 5.91 Å². The van der Waals surface area contributed by atoms with Crippen LogP contribution in [-0.2, 0) is 4.79 Å². The van der Waals surface area contributed by atoms with E-state index < -0.39 is 0 Å². The van der Waals surface area contributed by atoms with Crippen molar-refractivity contribution in [2.24, 2.45) is 10.1 Å². The van der Waals surface area contributed by atoms with Gasteiger partial charge in [0.15, 0.2) is 0 Å². The molecular formula is C16H12BrN3O2. The predicted octanol–water partition coefficient (Wildman–Crippen LogP) is 3.72. The van der Waals surface area contributed by atoms with E-state index in [9.17, 15) is 4.79 Å². The second-order valence-corrected chi connectivity index (χ2v) is 5.75. The molecule has 3 rings (SSSR count). The minimum Gasteiger partial charge on any atom is -0.411 e. The van der Waals surface area contributed by atoms with Crippen LogP contribution in [0.15, 0.2) is 57.1 Å². The smallest absolute Gasteiger partial charge is 0.275 e. The summed E-state index contributed by atoms with van der Waals surface area (Å²) in [5, 5.41) is 14.7. The molecule has 110 valence electrons. The maximum absolute atomic E-state index is 12.1. The van der Waals surface area contributed by atoms with E-state index in [0.717, 1.165) is 21.3 Å². The highest BCUT2D eigenvalue weighted by Crippen LogP contribution is 2.28. The van der Waals surface area contributed by atoms with Gasteiger partial charge in [-0.25, -0.2) is 4.99 Å². The molecule has 0 spiro atoms. The van der Waals surface area contributed by atoms with Crippen molar-refractivity contribution < 1.29 is 10.0 Å². The van der Waals surface area contributed by atoms with Crippen molar-refractivity contribution in [3.05, 3.63) is 58.1 Å². The van der Waals surface area contributed by atoms with Crippen LogP contribution < -0.4 is 5.32 Å². The molecular weight excluding hydrogens is 346 g/mol. The Hall–Kier alpha value is -2.47. The van der Waals surface area contributed by atoms with Gasteiger partial charge in [-0.3, -0.25) is 4.79 Å². The van der Waals surface area contributed by atoms with Crippen molar-refractivity contribution in [2.75, 3.05) is 5.32 Å². The van der Waals surface area contributed by atoms with E-state index in [-0.39, 0.29) is 5.91 Å². The summed E-state index contributed by atoms with van der Waals surface area (Å²) in [6, 6.07) is 12.7. The third-order valence-corrected chi connectivity index (χ3v) is 3.87. The number of nitrogens with one attached hydrogen (secondary N) is 1. The maximum atomic E-state index is 12.1. The molecule has 6 heteroatoms. The molecule has 22 heavy (non-hydrogen) atoms. The monoisotopic (exact) mass is 357 g/mol. The van der Waals surface area contributed by atoms with Gasteiger partial charge in [0, 0.05) is 10.0 Å². The average Bonchev–Trinajstić information content (AvgIpc) is 2.83. The van der Waals surface area contributed by atoms with Gasteiger partial charge in [0.1, 0.15) is 5.71 Å². The van der Waals surface area contributed by atoms with Gasteiger partial charge in [-0.1, -0.05) is 33.2 Å². The number of hydrogen-bond acceptors (Lipinski definition) is 4. The van der Waals surface area contributed by atoms with E-state index in [4.69, 9.17) is 5.21 Å². The van der Waals surface area contributed by atoms with Gasteiger partial charge in [-0.2, -0.15) is 0 Å². The van der Waals surface area contributed by atoms with Crippen molar-refractivity contribution in [3.8, 4) is 0 Å². The van der Waals surface area contributed by atoms with Crippen molar-refractivity contribution in [3.63, 3.8) is 0 Å². The zero-order valence-electron chi connectivity index (χ0n) is 11.7. The Bertz CT molecular complexity index is 811. The molecule has 2 aromatic carbocycles. The van der Waals surface area contributed by atoms with Gasteiger partial charge in [-0.05, 0) is 42.8 Å². The summed E-state index contributed by atoms with van der Waals surface area (Å²) < 4.78 is 0.889. The molecule has 1 amide bonds. The third kappa shape index (κ3) is 2.65. The Morgan fingerprint density at radius 3 is 2.59 bits per heavy atom. The second kappa shape index (κ2) is 5.73. The first-order valence-corrected chi connectivity index (χ1v) is 7.37. The fourth-order valence-electron chi connectivity index (χ4n) is 2.20. The average molecular weight is 358 g/mol. The SMILES string of the molecule is C/C(=N\O)c1ccc(N=C2C(=O)Nc3ccc(Br)cc32)cc1. The zero-order valence-corrected chi connectivity index (χ0v) is 13.3. The number of nitrogens with zero attached hydrogens (tertiary/aromatic N) is 2. The highest BCUT2D eigenvalue weighted by Gasteiger charge is 2.25. The second-order valence-electron chi connectivity index (χ2n) is 4.84. The van der Waals surface area contributed by atoms with Gasteiger partial charge in [0.2, 0.25) is 0 Å². The lowest BCUT2D eigenvalue weighted by molar-refractivity contribution is -0.110. The van der Waals surface area contributed by atoms with Gasteiger partial charge >= 0.3 is 0 Å². The molecule has 1 aliphatic heterocycles. The summed E-state index contributed by atoms with van der Waals surface area (Å²) in [6.07, 6.45) is 0. The molecule has 0 atom stereocenters. The van der Waals surface area contributed by atoms with Gasteiger partial charge < -0.3 is 10.5 Å². The number of rotatable bonds is 2. The normalized spacial score (nSPS) is 15.8. The molecule has 1 aliphatic rings. The Labute approximate surface area is 135 Å². The van der Waals surface area contributed by atoms with Crippen LogP contribution in [0.3, 0.4) is 0 Å². The minimum atomic E-state index is -0.217. The first-order chi connectivity index (χ1) is 10.6. The summed E-state index contributed by atoms with van der Waals surface area (Å²) in [5.74, 6) is -0.217. The van der Waals surface area contributed by atoms with E-state index in [2.05, 4.69) is 31.4 Å². The summed E-state index contributed by atoms with van der Waals surface area (Å²) in [7, 11) is 0. The molecule has 0 aromatic heterocycles. The number of anilines is 1. The van der Waals surface area contributed by atoms with Gasteiger partial charge in [-0.15, -0.1) is 0 Å². The third-order valence-electron chi connectivity index (χ3n) is 3.38. The van der Waals surface area contributed by atoms with Crippen molar-refractivity contribution >= 4 is 44.6 Å². The Morgan fingerprint density at radius 1 is 1.18 bits per heavy atom. The molecule has 5 nitrogen and oxygen atoms in total. The van der Waals surface area contributed by atoms with Crippen molar-refractivity contribution in [2.45, 2.75) is 6.92 Å². The van der Waals surface area contributed by atoms with Crippen LogP contribution in [0.1, 0.15) is 18.1 Å². The fourth-order valence-corrected chi connectivity index (χ4v) is 2.56. The first kappa shape index (κ1) is 14.5. The Morgan fingerprint density at radius 2 is 1.91 bits per heavy atom. The Balaban J connectivity index is 1.99. The number of carbonyl (C=O) groups is 1. The maximum Gasteiger partial charge on any atom is 0.275 e. The van der Waals surface area contributed by atoms with Crippen molar-refractivity contribution in [1.29, 1.82) is 0 Å². The molecule has 0 bridgehead atoms. The largest absolute Gasteiger partial charge is 0.411 e. The molecule has 1 heterocycles. The van der Waals surface area contributed by atoms with Gasteiger partial charge in [0.05, 0.1) is 17.1 Å². The molecule has 0 fully saturated rings. The molecule has 0 aliphatic carbocycles. The quantitative estimate of drug-likeness (QED) is 0.488. The van der Waals surface area contributed by atoms with Crippen LogP contribution in [0.25, 0.3) is 0 Å². The van der Waals surface area contributed by atoms with Crippen LogP contribution in [0.4, 0.5) is 11.4 Å². The molecule has 2 aromatic rings. The molecule has 0 saturated carbocycles. The summed E-state index contributed by atoms with van der Waals surface area (Å²) in [4.78, 5) is 16.5. The lowest BCUT2D eigenvalue weighted by Crippen LogP contribution is -2.13. The van der Waals surface area contributed by atoms with Crippen molar-refractivity contribution in [1.82, 2.24) is 0 Å². The van der Waals surface area contributed by atoms with E-state index in [1.807, 2.05) is 18.2 Å². The number of aliphatic imine (C=N–C) groups is 1. The Kier molecular flexibility index (Phi) is 3.77. The van der Waals surface area contributed by atoms with E-state index in [1.165, 1.54) is 0 Å². The summed E-state index contributed by atoms with van der Waals surface area (Å²) in [6.45, 7) is 1.71. The number of benzene rings is 2. The van der Waals surface area contributed by atoms with Crippen LogP contribution in [-0.4, -0.2) is 22.5 Å². The fraction of sp³-hybridized carbons (Fsp3) is 0.0625. The minimum absolute atomic E-state index is 0.217. The number of oxime groups is 1. The van der Waals surface area contributed by atoms with Crippen LogP contribution in [0.5, 0.6) is 0 Å². The number of hydrogen-bond donors (Lipinski definition) is 2. The predicted molar refractivity (Wildman–Crippen MR) is 89.4 cm³/mol. The van der Waals surface area contributed by atoms with Crippen LogP contribution in [0.2, 0.25) is 0 Å². The van der Waals surface area contributed by atoms with E-state index in [1.54, 1.807) is 31.2 Å². The number of carbonyl (C=O) groups excluding carboxylic acids is 1. The molecule has 0 unspecified atom stereocenters. The summed E-state index contributed by atoms with van der Waals surface area (Å²) >= 11 is 3.40. The van der Waals surface area contributed by atoms with Crippen LogP contribution in [0, 0.1) is 0 Å². The number of fused-ring (bicyclic) bond motifs is 1. The zero-order chi connectivity index (χ0) is 15.7. The standard InChI is InChI=1S/C16H12BrN3O2/c1-9(20-22)10-2-5-12(6-3-10)18-15-13-8-11(17)4-7-14(13)19-16(15)21/h2-8,22H,1H3,(H,18,19,21)/b20-9+. The lowest BCUT2D eigenvalue weighted by Gasteiger charge is -2.01. The highest BCUT2D eigenvalue weighted by atomic mass is 79.9. The van der Waals surface area contributed by atoms with E-state index >= 15 is 0 Å². The number of amides is 1. The summed E-state index contributed by atoms with van der Waals surface area (Å²) in [5.41, 5.74) is 3.89. The first-order valence-electron chi connectivity index (χ1n) is 6.57. The molecule has 0 saturated heterocycles. The molecule has 0 radical (unpaired) electrons. The topological polar surface area (TPSA) is 74.0 Å². The molecule has 2 N–H and O–H groups in total. The highest BCUT2D eigenvalue weighted by molar-refractivity contribution is 9.10. The lowest BCUT2D eigenvalue weighted by atomic mass is 10.1. The van der Waals surface area contributed by atoms with Crippen LogP contribution >= 0.6 is 15.9 Å². The number of halogens is 1.